The number of rotatable bonds is 6. The molecule has 0 aliphatic carbocycles. The van der Waals surface area contributed by atoms with Gasteiger partial charge in [0.05, 0.1) is 11.3 Å². The quantitative estimate of drug-likeness (QED) is 0.341. The van der Waals surface area contributed by atoms with E-state index in [-0.39, 0.29) is 12.2 Å². The van der Waals surface area contributed by atoms with E-state index in [0.717, 1.165) is 17.7 Å². The molecule has 8 heteroatoms. The largest absolute Gasteiger partial charge is 0.489 e. The third-order valence-electron chi connectivity index (χ3n) is 4.37. The first-order valence-electron chi connectivity index (χ1n) is 9.33. The van der Waals surface area contributed by atoms with Crippen LogP contribution >= 0.6 is 11.6 Å². The average molecular weight is 457 g/mol. The summed E-state index contributed by atoms with van der Waals surface area (Å²) in [5.74, 6) is -0.481. The molecule has 3 aromatic carbocycles. The highest BCUT2D eigenvalue weighted by Crippen LogP contribution is 2.34. The molecule has 0 saturated heterocycles. The van der Waals surface area contributed by atoms with Gasteiger partial charge in [-0.1, -0.05) is 54.1 Å². The number of hydrogen-bond donors (Lipinski definition) is 1. The molecule has 0 atom stereocenters. The Labute approximate surface area is 187 Å². The van der Waals surface area contributed by atoms with E-state index in [0.29, 0.717) is 16.3 Å². The number of amides is 1. The molecule has 0 unspecified atom stereocenters. The van der Waals surface area contributed by atoms with Gasteiger partial charge in [0.25, 0.3) is 5.91 Å². The molecule has 0 heterocycles. The predicted molar refractivity (Wildman–Crippen MR) is 116 cm³/mol. The van der Waals surface area contributed by atoms with Gasteiger partial charge in [0.15, 0.2) is 0 Å². The number of halogens is 4. The zero-order valence-corrected chi connectivity index (χ0v) is 17.2. The maximum absolute atomic E-state index is 13.1. The molecule has 0 radical (unpaired) electrons. The molecule has 1 amide bonds. The molecule has 4 nitrogen and oxygen atoms in total. The van der Waals surface area contributed by atoms with E-state index in [4.69, 9.17) is 16.3 Å². The summed E-state index contributed by atoms with van der Waals surface area (Å²) >= 11 is 6.11. The van der Waals surface area contributed by atoms with Crippen molar-refractivity contribution in [2.24, 2.45) is 0 Å². The lowest BCUT2D eigenvalue weighted by molar-refractivity contribution is -0.137. The van der Waals surface area contributed by atoms with Crippen molar-refractivity contribution in [2.75, 3.05) is 5.32 Å². The zero-order chi connectivity index (χ0) is 23.1. The molecule has 3 aromatic rings. The monoisotopic (exact) mass is 456 g/mol. The molecule has 32 heavy (non-hydrogen) atoms. The van der Waals surface area contributed by atoms with Crippen molar-refractivity contribution >= 4 is 29.3 Å². The van der Waals surface area contributed by atoms with Crippen LogP contribution in [0.1, 0.15) is 16.7 Å². The fourth-order valence-corrected chi connectivity index (χ4v) is 3.01. The fourth-order valence-electron chi connectivity index (χ4n) is 2.81. The summed E-state index contributed by atoms with van der Waals surface area (Å²) < 4.78 is 45.1. The summed E-state index contributed by atoms with van der Waals surface area (Å²) in [5, 5.41) is 12.1. The lowest BCUT2D eigenvalue weighted by atomic mass is 10.1. The van der Waals surface area contributed by atoms with Crippen molar-refractivity contribution in [1.82, 2.24) is 0 Å². The number of anilines is 1. The molecule has 0 aliphatic rings. The topological polar surface area (TPSA) is 62.1 Å². The summed E-state index contributed by atoms with van der Waals surface area (Å²) in [7, 11) is 0. The van der Waals surface area contributed by atoms with Gasteiger partial charge in [-0.15, -0.1) is 0 Å². The SMILES string of the molecule is N#CC(=Cc1cccc(OCc2ccccc2Cl)c1)C(=O)Nc1ccccc1C(F)(F)F. The van der Waals surface area contributed by atoms with Gasteiger partial charge in [-0.05, 0) is 42.0 Å². The lowest BCUT2D eigenvalue weighted by Gasteiger charge is -2.13. The van der Waals surface area contributed by atoms with Crippen molar-refractivity contribution in [3.05, 3.63) is 100 Å². The Kier molecular flexibility index (Phi) is 7.18. The van der Waals surface area contributed by atoms with Gasteiger partial charge in [0.2, 0.25) is 0 Å². The fraction of sp³-hybridized carbons (Fsp3) is 0.0833. The zero-order valence-electron chi connectivity index (χ0n) is 16.5. The highest BCUT2D eigenvalue weighted by atomic mass is 35.5. The second-order valence-electron chi connectivity index (χ2n) is 6.62. The number of alkyl halides is 3. The number of nitrogens with zero attached hydrogens (tertiary/aromatic N) is 1. The van der Waals surface area contributed by atoms with E-state index in [9.17, 15) is 23.2 Å². The van der Waals surface area contributed by atoms with Crippen LogP contribution in [0, 0.1) is 11.3 Å². The second kappa shape index (κ2) is 10.0. The molecular formula is C24H16ClF3N2O2. The van der Waals surface area contributed by atoms with E-state index in [2.05, 4.69) is 5.32 Å². The summed E-state index contributed by atoms with van der Waals surface area (Å²) in [6, 6.07) is 20.1. The summed E-state index contributed by atoms with van der Waals surface area (Å²) in [6.07, 6.45) is -3.37. The first-order chi connectivity index (χ1) is 15.3. The normalized spacial score (nSPS) is 11.5. The van der Waals surface area contributed by atoms with E-state index in [1.54, 1.807) is 42.5 Å². The van der Waals surface area contributed by atoms with Crippen LogP contribution in [0.3, 0.4) is 0 Å². The van der Waals surface area contributed by atoms with E-state index < -0.39 is 23.3 Å². The molecule has 0 fully saturated rings. The predicted octanol–water partition coefficient (Wildman–Crippen LogP) is 6.48. The molecule has 0 bridgehead atoms. The third kappa shape index (κ3) is 5.90. The summed E-state index contributed by atoms with van der Waals surface area (Å²) in [6.45, 7) is 0.215. The standard InChI is InChI=1S/C24H16ClF3N2O2/c25-21-10-3-1-7-17(21)15-32-19-8-5-6-16(13-19)12-18(14-29)23(31)30-22-11-4-2-9-20(22)24(26,27)28/h1-13H,15H2,(H,30,31). The van der Waals surface area contributed by atoms with Crippen LogP contribution in [0.15, 0.2) is 78.4 Å². The number of carbonyl (C=O) groups excluding carboxylic acids is 1. The van der Waals surface area contributed by atoms with Gasteiger partial charge in [0, 0.05) is 10.6 Å². The van der Waals surface area contributed by atoms with Gasteiger partial charge < -0.3 is 10.1 Å². The van der Waals surface area contributed by atoms with E-state index >= 15 is 0 Å². The Bertz CT molecular complexity index is 1200. The highest BCUT2D eigenvalue weighted by molar-refractivity contribution is 6.31. The number of nitrogens with one attached hydrogen (secondary N) is 1. The summed E-state index contributed by atoms with van der Waals surface area (Å²) in [4.78, 5) is 12.4. The molecule has 0 aliphatic heterocycles. The van der Waals surface area contributed by atoms with Crippen LogP contribution in [0.5, 0.6) is 5.75 Å². The van der Waals surface area contributed by atoms with Gasteiger partial charge in [0.1, 0.15) is 24.0 Å². The second-order valence-corrected chi connectivity index (χ2v) is 7.03. The van der Waals surface area contributed by atoms with Crippen LogP contribution in [0.25, 0.3) is 6.08 Å². The van der Waals surface area contributed by atoms with Crippen LogP contribution in [-0.2, 0) is 17.6 Å². The number of hydrogen-bond acceptors (Lipinski definition) is 3. The molecule has 1 N–H and O–H groups in total. The van der Waals surface area contributed by atoms with Crippen molar-refractivity contribution in [3.8, 4) is 11.8 Å². The van der Waals surface area contributed by atoms with Crippen LogP contribution in [0.2, 0.25) is 5.02 Å². The third-order valence-corrected chi connectivity index (χ3v) is 4.74. The van der Waals surface area contributed by atoms with Gasteiger partial charge in [-0.25, -0.2) is 0 Å². The van der Waals surface area contributed by atoms with Crippen LogP contribution in [0.4, 0.5) is 18.9 Å². The maximum atomic E-state index is 13.1. The van der Waals surface area contributed by atoms with Crippen molar-refractivity contribution in [1.29, 1.82) is 5.26 Å². The number of carbonyl (C=O) groups is 1. The molecule has 0 spiro atoms. The molecule has 3 rings (SSSR count). The molecule has 0 saturated carbocycles. The molecule has 162 valence electrons. The minimum atomic E-state index is -4.65. The number of para-hydroxylation sites is 1. The summed E-state index contributed by atoms with van der Waals surface area (Å²) in [5.41, 5.74) is -0.526. The van der Waals surface area contributed by atoms with Gasteiger partial charge in [-0.3, -0.25) is 4.79 Å². The Morgan fingerprint density at radius 3 is 2.50 bits per heavy atom. The first-order valence-corrected chi connectivity index (χ1v) is 9.71. The van der Waals surface area contributed by atoms with Crippen molar-refractivity contribution in [2.45, 2.75) is 12.8 Å². The smallest absolute Gasteiger partial charge is 0.418 e. The van der Waals surface area contributed by atoms with Crippen molar-refractivity contribution < 1.29 is 22.7 Å². The average Bonchev–Trinajstić information content (AvgIpc) is 2.77. The highest BCUT2D eigenvalue weighted by Gasteiger charge is 2.33. The van der Waals surface area contributed by atoms with Crippen molar-refractivity contribution in [3.63, 3.8) is 0 Å². The van der Waals surface area contributed by atoms with Gasteiger partial charge in [-0.2, -0.15) is 18.4 Å². The van der Waals surface area contributed by atoms with Crippen LogP contribution < -0.4 is 10.1 Å². The van der Waals surface area contributed by atoms with E-state index in [1.165, 1.54) is 18.2 Å². The Morgan fingerprint density at radius 1 is 1.06 bits per heavy atom. The van der Waals surface area contributed by atoms with Gasteiger partial charge >= 0.3 is 6.18 Å². The number of nitriles is 1. The maximum Gasteiger partial charge on any atom is 0.418 e. The molecular weight excluding hydrogens is 441 g/mol. The van der Waals surface area contributed by atoms with Crippen LogP contribution in [-0.4, -0.2) is 5.91 Å². The lowest BCUT2D eigenvalue weighted by Crippen LogP contribution is -2.17. The Hall–Kier alpha value is -3.76. The van der Waals surface area contributed by atoms with E-state index in [1.807, 2.05) is 12.1 Å². The Balaban J connectivity index is 1.77. The number of benzene rings is 3. The minimum absolute atomic E-state index is 0.215. The molecule has 0 aromatic heterocycles. The number of ether oxygens (including phenoxy) is 1. The minimum Gasteiger partial charge on any atom is -0.489 e. The first kappa shape index (κ1) is 22.9. The Morgan fingerprint density at radius 2 is 1.78 bits per heavy atom.